The summed E-state index contributed by atoms with van der Waals surface area (Å²) in [5.41, 5.74) is 6.15. The number of hydrogen-bond acceptors (Lipinski definition) is 2. The highest BCUT2D eigenvalue weighted by atomic mass is 16.5. The second-order valence-corrected chi connectivity index (χ2v) is 4.34. The summed E-state index contributed by atoms with van der Waals surface area (Å²) in [5, 5.41) is 0. The van der Waals surface area contributed by atoms with Crippen molar-refractivity contribution in [2.24, 2.45) is 11.1 Å². The molecule has 0 unspecified atom stereocenters. The van der Waals surface area contributed by atoms with E-state index in [1.165, 1.54) is 38.5 Å². The molecule has 0 fully saturated rings. The van der Waals surface area contributed by atoms with E-state index in [0.717, 1.165) is 13.2 Å². The summed E-state index contributed by atoms with van der Waals surface area (Å²) in [7, 11) is 1.78. The minimum Gasteiger partial charge on any atom is -0.384 e. The molecule has 0 aliphatic heterocycles. The van der Waals surface area contributed by atoms with Crippen LogP contribution in [0.25, 0.3) is 0 Å². The summed E-state index contributed by atoms with van der Waals surface area (Å²) in [6.07, 6.45) is 7.46. The van der Waals surface area contributed by atoms with Crippen molar-refractivity contribution in [1.82, 2.24) is 0 Å². The summed E-state index contributed by atoms with van der Waals surface area (Å²) >= 11 is 0. The van der Waals surface area contributed by atoms with Crippen LogP contribution in [-0.2, 0) is 4.74 Å². The van der Waals surface area contributed by atoms with Gasteiger partial charge in [-0.2, -0.15) is 0 Å². The molecule has 0 aromatic rings. The summed E-state index contributed by atoms with van der Waals surface area (Å²) in [6.45, 7) is 6.05. The zero-order valence-electron chi connectivity index (χ0n) is 10.1. The molecule has 0 aromatic heterocycles. The maximum atomic E-state index is 5.90. The van der Waals surface area contributed by atoms with E-state index >= 15 is 0 Å². The quantitative estimate of drug-likeness (QED) is 0.622. The Bertz CT molecular complexity index is 117. The molecule has 0 heterocycles. The Balaban J connectivity index is 4.11. The average molecular weight is 201 g/mol. The smallest absolute Gasteiger partial charge is 0.0530 e. The fourth-order valence-corrected chi connectivity index (χ4v) is 1.94. The molecule has 0 spiro atoms. The first kappa shape index (κ1) is 13.9. The number of methoxy groups -OCH3 is 1. The highest BCUT2D eigenvalue weighted by molar-refractivity contribution is 4.80. The molecule has 0 atom stereocenters. The largest absolute Gasteiger partial charge is 0.384 e. The average Bonchev–Trinajstić information content (AvgIpc) is 2.22. The van der Waals surface area contributed by atoms with Gasteiger partial charge in [-0.05, 0) is 12.8 Å². The van der Waals surface area contributed by atoms with Crippen LogP contribution in [0.2, 0.25) is 0 Å². The molecule has 0 rings (SSSR count). The Kier molecular flexibility index (Phi) is 8.20. The highest BCUT2D eigenvalue weighted by Gasteiger charge is 2.27. The monoisotopic (exact) mass is 201 g/mol. The molecule has 2 N–H and O–H groups in total. The number of unbranched alkanes of at least 4 members (excludes halogenated alkanes) is 2. The van der Waals surface area contributed by atoms with Crippen molar-refractivity contribution in [3.05, 3.63) is 0 Å². The van der Waals surface area contributed by atoms with Crippen LogP contribution < -0.4 is 5.73 Å². The SMILES string of the molecule is CCCCC(CN)(CCCC)COC. The summed E-state index contributed by atoms with van der Waals surface area (Å²) in [4.78, 5) is 0. The van der Waals surface area contributed by atoms with Crippen LogP contribution >= 0.6 is 0 Å². The van der Waals surface area contributed by atoms with Crippen molar-refractivity contribution in [2.45, 2.75) is 52.4 Å². The summed E-state index contributed by atoms with van der Waals surface area (Å²) in [6, 6.07) is 0. The van der Waals surface area contributed by atoms with Crippen molar-refractivity contribution >= 4 is 0 Å². The maximum Gasteiger partial charge on any atom is 0.0530 e. The van der Waals surface area contributed by atoms with Crippen LogP contribution in [0.4, 0.5) is 0 Å². The van der Waals surface area contributed by atoms with Crippen LogP contribution in [0.15, 0.2) is 0 Å². The molecule has 2 heteroatoms. The van der Waals surface area contributed by atoms with Gasteiger partial charge in [0.1, 0.15) is 0 Å². The third-order valence-electron chi connectivity index (χ3n) is 3.00. The fraction of sp³-hybridized carbons (Fsp3) is 1.00. The van der Waals surface area contributed by atoms with Gasteiger partial charge in [0, 0.05) is 19.1 Å². The van der Waals surface area contributed by atoms with Gasteiger partial charge in [-0.25, -0.2) is 0 Å². The molecule has 2 nitrogen and oxygen atoms in total. The first-order chi connectivity index (χ1) is 6.74. The Morgan fingerprint density at radius 1 is 1.07 bits per heavy atom. The van der Waals surface area contributed by atoms with Crippen LogP contribution in [0.1, 0.15) is 52.4 Å². The second-order valence-electron chi connectivity index (χ2n) is 4.34. The highest BCUT2D eigenvalue weighted by Crippen LogP contribution is 2.30. The molecule has 86 valence electrons. The minimum absolute atomic E-state index is 0.251. The van der Waals surface area contributed by atoms with Gasteiger partial charge in [0.2, 0.25) is 0 Å². The Labute approximate surface area is 89.2 Å². The lowest BCUT2D eigenvalue weighted by Gasteiger charge is -2.32. The molecule has 0 bridgehead atoms. The summed E-state index contributed by atoms with van der Waals surface area (Å²) in [5.74, 6) is 0. The van der Waals surface area contributed by atoms with Gasteiger partial charge < -0.3 is 10.5 Å². The molecule has 0 saturated carbocycles. The number of hydrogen-bond donors (Lipinski definition) is 1. The van der Waals surface area contributed by atoms with E-state index in [1.807, 2.05) is 0 Å². The van der Waals surface area contributed by atoms with Gasteiger partial charge in [-0.3, -0.25) is 0 Å². The van der Waals surface area contributed by atoms with Gasteiger partial charge in [0.25, 0.3) is 0 Å². The molecule has 0 aliphatic rings. The predicted molar refractivity (Wildman–Crippen MR) is 62.4 cm³/mol. The zero-order valence-corrected chi connectivity index (χ0v) is 10.1. The van der Waals surface area contributed by atoms with Gasteiger partial charge >= 0.3 is 0 Å². The van der Waals surface area contributed by atoms with Crippen molar-refractivity contribution in [3.63, 3.8) is 0 Å². The van der Waals surface area contributed by atoms with Gasteiger partial charge in [0.05, 0.1) is 6.61 Å². The summed E-state index contributed by atoms with van der Waals surface area (Å²) < 4.78 is 5.31. The Morgan fingerprint density at radius 3 is 1.86 bits per heavy atom. The maximum absolute atomic E-state index is 5.90. The fourth-order valence-electron chi connectivity index (χ4n) is 1.94. The van der Waals surface area contributed by atoms with Gasteiger partial charge in [-0.15, -0.1) is 0 Å². The van der Waals surface area contributed by atoms with Crippen LogP contribution in [0.3, 0.4) is 0 Å². The zero-order chi connectivity index (χ0) is 10.9. The third-order valence-corrected chi connectivity index (χ3v) is 3.00. The van der Waals surface area contributed by atoms with Crippen LogP contribution in [0.5, 0.6) is 0 Å². The molecule has 0 aromatic carbocycles. The second kappa shape index (κ2) is 8.25. The van der Waals surface area contributed by atoms with Crippen LogP contribution in [-0.4, -0.2) is 20.3 Å². The molecule has 0 radical (unpaired) electrons. The normalized spacial score (nSPS) is 12.0. The Morgan fingerprint density at radius 2 is 1.57 bits per heavy atom. The van der Waals surface area contributed by atoms with E-state index < -0.39 is 0 Å². The number of rotatable bonds is 9. The predicted octanol–water partition coefficient (Wildman–Crippen LogP) is 2.96. The standard InChI is InChI=1S/C12H27NO/c1-4-6-8-12(10-13,11-14-3)9-7-5-2/h4-11,13H2,1-3H3. The van der Waals surface area contributed by atoms with Crippen molar-refractivity contribution in [2.75, 3.05) is 20.3 Å². The molecular formula is C12H27NO. The minimum atomic E-state index is 0.251. The molecule has 0 saturated heterocycles. The van der Waals surface area contributed by atoms with E-state index in [9.17, 15) is 0 Å². The lowest BCUT2D eigenvalue weighted by atomic mass is 9.79. The topological polar surface area (TPSA) is 35.2 Å². The van der Waals surface area contributed by atoms with E-state index in [0.29, 0.717) is 0 Å². The van der Waals surface area contributed by atoms with Gasteiger partial charge in [0.15, 0.2) is 0 Å². The van der Waals surface area contributed by atoms with Crippen molar-refractivity contribution < 1.29 is 4.74 Å². The number of nitrogens with two attached hydrogens (primary N) is 1. The molecule has 0 amide bonds. The lowest BCUT2D eigenvalue weighted by Crippen LogP contribution is -2.35. The van der Waals surface area contributed by atoms with E-state index in [4.69, 9.17) is 10.5 Å². The lowest BCUT2D eigenvalue weighted by molar-refractivity contribution is 0.0674. The first-order valence-corrected chi connectivity index (χ1v) is 5.93. The third kappa shape index (κ3) is 4.97. The van der Waals surface area contributed by atoms with Crippen LogP contribution in [0, 0.1) is 5.41 Å². The van der Waals surface area contributed by atoms with E-state index in [-0.39, 0.29) is 5.41 Å². The van der Waals surface area contributed by atoms with Crippen molar-refractivity contribution in [3.8, 4) is 0 Å². The van der Waals surface area contributed by atoms with E-state index in [2.05, 4.69) is 13.8 Å². The van der Waals surface area contributed by atoms with Crippen molar-refractivity contribution in [1.29, 1.82) is 0 Å². The van der Waals surface area contributed by atoms with E-state index in [1.54, 1.807) is 7.11 Å². The first-order valence-electron chi connectivity index (χ1n) is 5.93. The molecular weight excluding hydrogens is 174 g/mol. The Hall–Kier alpha value is -0.0800. The molecule has 14 heavy (non-hydrogen) atoms. The number of ether oxygens (including phenoxy) is 1. The molecule has 0 aliphatic carbocycles. The van der Waals surface area contributed by atoms with Gasteiger partial charge in [-0.1, -0.05) is 39.5 Å².